The average Bonchev–Trinajstić information content (AvgIpc) is 2.87. The molecule has 7 heteroatoms. The molecule has 110 valence electrons. The second kappa shape index (κ2) is 6.45. The summed E-state index contributed by atoms with van der Waals surface area (Å²) in [6.07, 6.45) is 0.100. The van der Waals surface area contributed by atoms with Crippen LogP contribution in [0.5, 0.6) is 5.75 Å². The van der Waals surface area contributed by atoms with Gasteiger partial charge < -0.3 is 19.9 Å². The molecule has 1 aromatic carbocycles. The number of carboxylic acids is 1. The highest BCUT2D eigenvalue weighted by atomic mass is 79.9. The van der Waals surface area contributed by atoms with E-state index in [2.05, 4.69) is 21.2 Å². The van der Waals surface area contributed by atoms with E-state index >= 15 is 0 Å². The van der Waals surface area contributed by atoms with Gasteiger partial charge in [-0.2, -0.15) is 0 Å². The van der Waals surface area contributed by atoms with Crippen LogP contribution in [0.2, 0.25) is 0 Å². The number of aromatic hydroxyl groups is 1. The van der Waals surface area contributed by atoms with Gasteiger partial charge in [-0.05, 0) is 45.8 Å². The van der Waals surface area contributed by atoms with E-state index in [4.69, 9.17) is 4.42 Å². The minimum Gasteiger partial charge on any atom is -0.508 e. The highest BCUT2D eigenvalue weighted by Crippen LogP contribution is 2.15. The van der Waals surface area contributed by atoms with Crippen molar-refractivity contribution in [2.24, 2.45) is 0 Å². The predicted octanol–water partition coefficient (Wildman–Crippen LogP) is 2.17. The summed E-state index contributed by atoms with van der Waals surface area (Å²) >= 11 is 3.07. The van der Waals surface area contributed by atoms with E-state index in [-0.39, 0.29) is 17.9 Å². The van der Waals surface area contributed by atoms with Crippen LogP contribution in [0.15, 0.2) is 45.5 Å². The lowest BCUT2D eigenvalue weighted by atomic mass is 10.1. The lowest BCUT2D eigenvalue weighted by molar-refractivity contribution is -0.139. The van der Waals surface area contributed by atoms with Gasteiger partial charge in [-0.25, -0.2) is 4.79 Å². The summed E-state index contributed by atoms with van der Waals surface area (Å²) in [7, 11) is 0. The first-order valence-corrected chi connectivity index (χ1v) is 6.82. The molecule has 1 unspecified atom stereocenters. The van der Waals surface area contributed by atoms with Crippen molar-refractivity contribution >= 4 is 27.8 Å². The van der Waals surface area contributed by atoms with Gasteiger partial charge in [0.25, 0.3) is 5.91 Å². The molecule has 0 bridgehead atoms. The van der Waals surface area contributed by atoms with Crippen LogP contribution in [0.25, 0.3) is 0 Å². The number of carbonyl (C=O) groups is 2. The highest BCUT2D eigenvalue weighted by molar-refractivity contribution is 9.10. The van der Waals surface area contributed by atoms with Gasteiger partial charge in [0.15, 0.2) is 10.4 Å². The molecule has 3 N–H and O–H groups in total. The van der Waals surface area contributed by atoms with Crippen molar-refractivity contribution in [2.75, 3.05) is 0 Å². The Morgan fingerprint density at radius 3 is 2.38 bits per heavy atom. The van der Waals surface area contributed by atoms with Gasteiger partial charge in [0, 0.05) is 6.42 Å². The minimum absolute atomic E-state index is 0.0267. The third-order valence-corrected chi connectivity index (χ3v) is 3.20. The van der Waals surface area contributed by atoms with Gasteiger partial charge in [-0.1, -0.05) is 12.1 Å². The fourth-order valence-corrected chi connectivity index (χ4v) is 2.04. The minimum atomic E-state index is -1.15. The Hall–Kier alpha value is -2.28. The van der Waals surface area contributed by atoms with Crippen molar-refractivity contribution in [3.63, 3.8) is 0 Å². The summed E-state index contributed by atoms with van der Waals surface area (Å²) in [5.74, 6) is -1.64. The van der Waals surface area contributed by atoms with Gasteiger partial charge in [0.05, 0.1) is 0 Å². The first-order valence-electron chi connectivity index (χ1n) is 6.02. The second-order valence-corrected chi connectivity index (χ2v) is 5.12. The molecule has 0 fully saturated rings. The van der Waals surface area contributed by atoms with E-state index in [9.17, 15) is 19.8 Å². The summed E-state index contributed by atoms with van der Waals surface area (Å²) in [6, 6.07) is 8.01. The number of phenols is 1. The van der Waals surface area contributed by atoms with E-state index < -0.39 is 17.9 Å². The lowest BCUT2D eigenvalue weighted by Crippen LogP contribution is -2.42. The normalized spacial score (nSPS) is 11.9. The van der Waals surface area contributed by atoms with Crippen molar-refractivity contribution in [3.05, 3.63) is 52.4 Å². The number of hydrogen-bond acceptors (Lipinski definition) is 4. The van der Waals surface area contributed by atoms with Gasteiger partial charge in [-0.15, -0.1) is 0 Å². The fraction of sp³-hybridized carbons (Fsp3) is 0.143. The number of carbonyl (C=O) groups excluding carboxylic acids is 1. The molecule has 1 atom stereocenters. The van der Waals surface area contributed by atoms with Crippen molar-refractivity contribution in [1.82, 2.24) is 5.32 Å². The van der Waals surface area contributed by atoms with Crippen LogP contribution < -0.4 is 5.32 Å². The summed E-state index contributed by atoms with van der Waals surface area (Å²) in [5, 5.41) is 20.8. The highest BCUT2D eigenvalue weighted by Gasteiger charge is 2.22. The number of hydrogen-bond donors (Lipinski definition) is 3. The molecule has 0 saturated heterocycles. The number of carboxylic acid groups (broad SMARTS) is 1. The molecule has 0 spiro atoms. The third kappa shape index (κ3) is 4.09. The third-order valence-electron chi connectivity index (χ3n) is 2.78. The topological polar surface area (TPSA) is 99.8 Å². The second-order valence-electron chi connectivity index (χ2n) is 4.34. The van der Waals surface area contributed by atoms with Crippen LogP contribution in [-0.4, -0.2) is 28.1 Å². The number of rotatable bonds is 5. The van der Waals surface area contributed by atoms with E-state index in [0.29, 0.717) is 10.2 Å². The summed E-state index contributed by atoms with van der Waals surface area (Å²) in [5.41, 5.74) is 0.682. The molecule has 2 rings (SSSR count). The number of phenolic OH excluding ortho intramolecular Hbond substituents is 1. The largest absolute Gasteiger partial charge is 0.508 e. The van der Waals surface area contributed by atoms with Crippen molar-refractivity contribution in [2.45, 2.75) is 12.5 Å². The zero-order valence-corrected chi connectivity index (χ0v) is 12.3. The maximum Gasteiger partial charge on any atom is 0.326 e. The van der Waals surface area contributed by atoms with E-state index in [1.165, 1.54) is 18.2 Å². The number of halogens is 1. The van der Waals surface area contributed by atoms with E-state index in [1.807, 2.05) is 0 Å². The van der Waals surface area contributed by atoms with Gasteiger partial charge in [0.2, 0.25) is 0 Å². The van der Waals surface area contributed by atoms with Crippen LogP contribution in [0.1, 0.15) is 16.1 Å². The Morgan fingerprint density at radius 1 is 1.19 bits per heavy atom. The first-order chi connectivity index (χ1) is 9.95. The molecule has 21 heavy (non-hydrogen) atoms. The summed E-state index contributed by atoms with van der Waals surface area (Å²) in [4.78, 5) is 23.1. The molecular weight excluding hydrogens is 342 g/mol. The SMILES string of the molecule is O=C(NC(Cc1ccc(O)cc1)C(=O)O)c1ccc(Br)o1. The smallest absolute Gasteiger partial charge is 0.326 e. The Bertz CT molecular complexity index is 650. The Kier molecular flexibility index (Phi) is 4.64. The molecule has 0 aliphatic heterocycles. The average molecular weight is 354 g/mol. The van der Waals surface area contributed by atoms with Gasteiger partial charge in [-0.3, -0.25) is 4.79 Å². The number of furan rings is 1. The molecule has 1 aromatic heterocycles. The Morgan fingerprint density at radius 2 is 1.86 bits per heavy atom. The molecule has 2 aromatic rings. The zero-order valence-electron chi connectivity index (χ0n) is 10.7. The van der Waals surface area contributed by atoms with Crippen LogP contribution in [0, 0.1) is 0 Å². The maximum atomic E-state index is 11.9. The monoisotopic (exact) mass is 353 g/mol. The number of benzene rings is 1. The fourth-order valence-electron chi connectivity index (χ4n) is 1.73. The molecule has 1 amide bonds. The van der Waals surface area contributed by atoms with Crippen LogP contribution in [-0.2, 0) is 11.2 Å². The Balaban J connectivity index is 2.07. The Labute approximate surface area is 128 Å². The van der Waals surface area contributed by atoms with Crippen molar-refractivity contribution in [3.8, 4) is 5.75 Å². The molecule has 6 nitrogen and oxygen atoms in total. The van der Waals surface area contributed by atoms with Crippen LogP contribution >= 0.6 is 15.9 Å². The standard InChI is InChI=1S/C14H12BrNO5/c15-12-6-5-11(21-12)13(18)16-10(14(19)20)7-8-1-3-9(17)4-2-8/h1-6,10,17H,7H2,(H,16,18)(H,19,20). The zero-order chi connectivity index (χ0) is 15.4. The molecule has 0 aliphatic carbocycles. The van der Waals surface area contributed by atoms with Crippen molar-refractivity contribution in [1.29, 1.82) is 0 Å². The maximum absolute atomic E-state index is 11.9. The summed E-state index contributed by atoms with van der Waals surface area (Å²) < 4.78 is 5.46. The van der Waals surface area contributed by atoms with E-state index in [0.717, 1.165) is 0 Å². The van der Waals surface area contributed by atoms with Crippen LogP contribution in [0.3, 0.4) is 0 Å². The van der Waals surface area contributed by atoms with Gasteiger partial charge >= 0.3 is 5.97 Å². The quantitative estimate of drug-likeness (QED) is 0.764. The lowest BCUT2D eigenvalue weighted by Gasteiger charge is -2.13. The first kappa shape index (κ1) is 15.1. The van der Waals surface area contributed by atoms with Crippen molar-refractivity contribution < 1.29 is 24.2 Å². The number of nitrogens with one attached hydrogen (secondary N) is 1. The molecule has 0 aliphatic rings. The molecule has 0 saturated carbocycles. The molecule has 1 heterocycles. The molecule has 0 radical (unpaired) electrons. The van der Waals surface area contributed by atoms with E-state index in [1.54, 1.807) is 18.2 Å². The van der Waals surface area contributed by atoms with Crippen LogP contribution in [0.4, 0.5) is 0 Å². The predicted molar refractivity (Wildman–Crippen MR) is 77.1 cm³/mol. The number of aliphatic carboxylic acids is 1. The molecular formula is C14H12BrNO5. The summed E-state index contributed by atoms with van der Waals surface area (Å²) in [6.45, 7) is 0. The van der Waals surface area contributed by atoms with Gasteiger partial charge in [0.1, 0.15) is 11.8 Å². The number of amides is 1.